The van der Waals surface area contributed by atoms with E-state index in [0.717, 1.165) is 28.3 Å². The molecule has 35 heavy (non-hydrogen) atoms. The van der Waals surface area contributed by atoms with Crippen molar-refractivity contribution >= 4 is 33.2 Å². The molecule has 2 N–H and O–H groups in total. The summed E-state index contributed by atoms with van der Waals surface area (Å²) in [6, 6.07) is 20.1. The van der Waals surface area contributed by atoms with Gasteiger partial charge < -0.3 is 10.6 Å². The maximum Gasteiger partial charge on any atom is 0.264 e. The number of carbonyl (C=O) groups excluding carboxylic acids is 2. The third-order valence-electron chi connectivity index (χ3n) is 5.45. The number of nitrogens with zero attached hydrogens (tertiary/aromatic N) is 1. The lowest BCUT2D eigenvalue weighted by Gasteiger charge is -2.24. The maximum atomic E-state index is 13.5. The van der Waals surface area contributed by atoms with Crippen molar-refractivity contribution in [3.05, 3.63) is 89.5 Å². The maximum absolute atomic E-state index is 13.5. The van der Waals surface area contributed by atoms with E-state index in [1.807, 2.05) is 26.8 Å². The molecular formula is C27H31N3O4S. The second-order valence-corrected chi connectivity index (χ2v) is 10.2. The predicted octanol–water partition coefficient (Wildman–Crippen LogP) is 4.67. The second-order valence-electron chi connectivity index (χ2n) is 8.37. The van der Waals surface area contributed by atoms with Gasteiger partial charge in [0.25, 0.3) is 15.9 Å². The molecule has 0 bridgehead atoms. The number of sulfonamides is 1. The van der Waals surface area contributed by atoms with Crippen molar-refractivity contribution in [3.8, 4) is 0 Å². The Morgan fingerprint density at radius 3 is 2.29 bits per heavy atom. The summed E-state index contributed by atoms with van der Waals surface area (Å²) in [5, 5.41) is 5.56. The quantitative estimate of drug-likeness (QED) is 0.401. The van der Waals surface area contributed by atoms with Crippen LogP contribution in [0, 0.1) is 13.8 Å². The van der Waals surface area contributed by atoms with Gasteiger partial charge in [0, 0.05) is 6.54 Å². The average molecular weight is 494 g/mol. The topological polar surface area (TPSA) is 95.6 Å². The lowest BCUT2D eigenvalue weighted by atomic mass is 10.1. The van der Waals surface area contributed by atoms with E-state index in [0.29, 0.717) is 23.5 Å². The summed E-state index contributed by atoms with van der Waals surface area (Å²) in [5.74, 6) is -0.854. The first kappa shape index (κ1) is 26.0. The van der Waals surface area contributed by atoms with Crippen LogP contribution in [0.2, 0.25) is 0 Å². The highest BCUT2D eigenvalue weighted by molar-refractivity contribution is 7.92. The van der Waals surface area contributed by atoms with Gasteiger partial charge in [0.15, 0.2) is 0 Å². The SMILES string of the molecule is CCCCNC(=O)c1ccccc1NC(=O)CN(c1cccc(C)c1)S(=O)(=O)c1ccc(C)cc1. The number of amides is 2. The van der Waals surface area contributed by atoms with Gasteiger partial charge >= 0.3 is 0 Å². The van der Waals surface area contributed by atoms with Crippen molar-refractivity contribution in [3.63, 3.8) is 0 Å². The van der Waals surface area contributed by atoms with Crippen LogP contribution < -0.4 is 14.9 Å². The summed E-state index contributed by atoms with van der Waals surface area (Å²) in [6.45, 7) is 5.84. The van der Waals surface area contributed by atoms with E-state index < -0.39 is 22.5 Å². The minimum atomic E-state index is -4.02. The van der Waals surface area contributed by atoms with Crippen molar-refractivity contribution < 1.29 is 18.0 Å². The molecule has 184 valence electrons. The molecule has 3 rings (SSSR count). The van der Waals surface area contributed by atoms with E-state index in [1.165, 1.54) is 12.1 Å². The van der Waals surface area contributed by atoms with E-state index in [9.17, 15) is 18.0 Å². The number of hydrogen-bond donors (Lipinski definition) is 2. The minimum absolute atomic E-state index is 0.0908. The van der Waals surface area contributed by atoms with Crippen LogP contribution in [0.3, 0.4) is 0 Å². The van der Waals surface area contributed by atoms with Crippen LogP contribution in [0.15, 0.2) is 77.7 Å². The van der Waals surface area contributed by atoms with E-state index >= 15 is 0 Å². The molecule has 3 aromatic carbocycles. The van der Waals surface area contributed by atoms with E-state index in [2.05, 4.69) is 10.6 Å². The summed E-state index contributed by atoms with van der Waals surface area (Å²) in [7, 11) is -4.02. The van der Waals surface area contributed by atoms with Crippen LogP contribution in [-0.2, 0) is 14.8 Å². The zero-order chi connectivity index (χ0) is 25.4. The molecule has 0 aromatic heterocycles. The Hall–Kier alpha value is -3.65. The summed E-state index contributed by atoms with van der Waals surface area (Å²) in [4.78, 5) is 25.8. The Bertz CT molecular complexity index is 1290. The zero-order valence-electron chi connectivity index (χ0n) is 20.2. The van der Waals surface area contributed by atoms with Crippen molar-refractivity contribution in [2.24, 2.45) is 0 Å². The Morgan fingerprint density at radius 1 is 0.886 bits per heavy atom. The van der Waals surface area contributed by atoms with Gasteiger partial charge in [0.1, 0.15) is 6.54 Å². The Labute approximate surface area is 207 Å². The summed E-state index contributed by atoms with van der Waals surface area (Å²) in [6.07, 6.45) is 1.80. The van der Waals surface area contributed by atoms with E-state index in [4.69, 9.17) is 0 Å². The highest BCUT2D eigenvalue weighted by Crippen LogP contribution is 2.25. The number of hydrogen-bond acceptors (Lipinski definition) is 4. The van der Waals surface area contributed by atoms with Gasteiger partial charge in [-0.2, -0.15) is 0 Å². The van der Waals surface area contributed by atoms with Gasteiger partial charge in [0.2, 0.25) is 5.91 Å². The standard InChI is InChI=1S/C27H31N3O4S/c1-4-5-17-28-27(32)24-11-6-7-12-25(24)29-26(31)19-30(22-10-8-9-21(3)18-22)35(33,34)23-15-13-20(2)14-16-23/h6-16,18H,4-5,17,19H2,1-3H3,(H,28,32)(H,29,31). The fraction of sp³-hybridized carbons (Fsp3) is 0.259. The minimum Gasteiger partial charge on any atom is -0.352 e. The zero-order valence-corrected chi connectivity index (χ0v) is 21.1. The third-order valence-corrected chi connectivity index (χ3v) is 7.24. The highest BCUT2D eigenvalue weighted by atomic mass is 32.2. The van der Waals surface area contributed by atoms with Crippen LogP contribution in [0.25, 0.3) is 0 Å². The summed E-state index contributed by atoms with van der Waals surface area (Å²) >= 11 is 0. The number of nitrogens with one attached hydrogen (secondary N) is 2. The third kappa shape index (κ3) is 6.70. The van der Waals surface area contributed by atoms with Crippen LogP contribution in [0.5, 0.6) is 0 Å². The van der Waals surface area contributed by atoms with E-state index in [1.54, 1.807) is 54.6 Å². The first-order valence-electron chi connectivity index (χ1n) is 11.6. The number of aryl methyl sites for hydroxylation is 2. The Balaban J connectivity index is 1.89. The molecule has 3 aromatic rings. The van der Waals surface area contributed by atoms with Gasteiger partial charge in [-0.3, -0.25) is 13.9 Å². The van der Waals surface area contributed by atoms with Gasteiger partial charge in [-0.25, -0.2) is 8.42 Å². The van der Waals surface area contributed by atoms with Crippen molar-refractivity contribution in [2.45, 2.75) is 38.5 Å². The number of rotatable bonds is 10. The van der Waals surface area contributed by atoms with Crippen LogP contribution >= 0.6 is 0 Å². The molecule has 0 unspecified atom stereocenters. The summed E-state index contributed by atoms with van der Waals surface area (Å²) < 4.78 is 28.2. The number of unbranched alkanes of at least 4 members (excludes halogenated alkanes) is 1. The predicted molar refractivity (Wildman–Crippen MR) is 139 cm³/mol. The molecule has 0 atom stereocenters. The van der Waals surface area contributed by atoms with Gasteiger partial charge in [0.05, 0.1) is 21.8 Å². The molecular weight excluding hydrogens is 462 g/mol. The molecule has 0 radical (unpaired) electrons. The molecule has 2 amide bonds. The first-order chi connectivity index (χ1) is 16.7. The number of anilines is 2. The Morgan fingerprint density at radius 2 is 1.60 bits per heavy atom. The normalized spacial score (nSPS) is 11.1. The van der Waals surface area contributed by atoms with Gasteiger partial charge in [-0.1, -0.05) is 55.3 Å². The lowest BCUT2D eigenvalue weighted by molar-refractivity contribution is -0.114. The molecule has 0 aliphatic carbocycles. The van der Waals surface area contributed by atoms with Crippen LogP contribution in [-0.4, -0.2) is 33.3 Å². The molecule has 0 heterocycles. The Kier molecular flexibility index (Phi) is 8.65. The molecule has 0 saturated heterocycles. The van der Waals surface area contributed by atoms with Crippen molar-refractivity contribution in [1.29, 1.82) is 0 Å². The van der Waals surface area contributed by atoms with Gasteiger partial charge in [-0.15, -0.1) is 0 Å². The fourth-order valence-corrected chi connectivity index (χ4v) is 4.93. The fourth-order valence-electron chi connectivity index (χ4n) is 3.52. The highest BCUT2D eigenvalue weighted by Gasteiger charge is 2.27. The van der Waals surface area contributed by atoms with E-state index in [-0.39, 0.29) is 10.8 Å². The molecule has 0 aliphatic rings. The molecule has 0 aliphatic heterocycles. The monoisotopic (exact) mass is 493 g/mol. The number of para-hydroxylation sites is 1. The first-order valence-corrected chi connectivity index (χ1v) is 13.0. The average Bonchev–Trinajstić information content (AvgIpc) is 2.83. The van der Waals surface area contributed by atoms with Crippen LogP contribution in [0.4, 0.5) is 11.4 Å². The number of carbonyl (C=O) groups is 2. The molecule has 8 heteroatoms. The lowest BCUT2D eigenvalue weighted by Crippen LogP contribution is -2.38. The second kappa shape index (κ2) is 11.7. The largest absolute Gasteiger partial charge is 0.352 e. The molecule has 0 saturated carbocycles. The smallest absolute Gasteiger partial charge is 0.264 e. The van der Waals surface area contributed by atoms with Crippen molar-refractivity contribution in [1.82, 2.24) is 5.32 Å². The van der Waals surface area contributed by atoms with Crippen LogP contribution in [0.1, 0.15) is 41.3 Å². The van der Waals surface area contributed by atoms with Crippen molar-refractivity contribution in [2.75, 3.05) is 22.7 Å². The molecule has 0 fully saturated rings. The molecule has 7 nitrogen and oxygen atoms in total. The summed E-state index contributed by atoms with van der Waals surface area (Å²) in [5.41, 5.74) is 2.81. The van der Waals surface area contributed by atoms with Gasteiger partial charge in [-0.05, 0) is 62.2 Å². The number of benzene rings is 3. The molecule has 0 spiro atoms.